The van der Waals surface area contributed by atoms with E-state index in [9.17, 15) is 14.4 Å². The normalized spacial score (nSPS) is 17.9. The molecule has 0 unspecified atom stereocenters. The van der Waals surface area contributed by atoms with Crippen molar-refractivity contribution in [1.82, 2.24) is 4.57 Å². The van der Waals surface area contributed by atoms with Gasteiger partial charge < -0.3 is 9.64 Å². The van der Waals surface area contributed by atoms with Gasteiger partial charge in [0, 0.05) is 17.0 Å². The van der Waals surface area contributed by atoms with Crippen LogP contribution in [0.5, 0.6) is 0 Å². The van der Waals surface area contributed by atoms with Gasteiger partial charge in [-0.15, -0.1) is 18.3 Å². The van der Waals surface area contributed by atoms with Crippen molar-refractivity contribution in [3.63, 3.8) is 0 Å². The van der Waals surface area contributed by atoms with Gasteiger partial charge in [-0.1, -0.05) is 47.7 Å². The van der Waals surface area contributed by atoms with Crippen LogP contribution in [0.4, 0.5) is 5.69 Å². The summed E-state index contributed by atoms with van der Waals surface area (Å²) in [5, 5.41) is 0. The molecule has 0 spiro atoms. The Kier molecular flexibility index (Phi) is 6.74. The fourth-order valence-corrected chi connectivity index (χ4v) is 6.30. The van der Waals surface area contributed by atoms with Crippen LogP contribution in [0.2, 0.25) is 0 Å². The largest absolute Gasteiger partial charge is 0.463 e. The Morgan fingerprint density at radius 3 is 2.59 bits per heavy atom. The Hall–Kier alpha value is -3.69. The van der Waals surface area contributed by atoms with E-state index in [1.54, 1.807) is 36.6 Å². The summed E-state index contributed by atoms with van der Waals surface area (Å²) in [5.41, 5.74) is 2.98. The molecule has 1 atom stereocenters. The van der Waals surface area contributed by atoms with E-state index in [1.807, 2.05) is 54.8 Å². The van der Waals surface area contributed by atoms with E-state index < -0.39 is 12.0 Å². The number of rotatable bonds is 6. The molecule has 1 aromatic heterocycles. The summed E-state index contributed by atoms with van der Waals surface area (Å²) < 4.78 is 7.18. The van der Waals surface area contributed by atoms with Gasteiger partial charge in [-0.2, -0.15) is 0 Å². The maximum atomic E-state index is 14.1. The molecule has 0 bridgehead atoms. The van der Waals surface area contributed by atoms with Crippen molar-refractivity contribution >= 4 is 46.2 Å². The Balaban J connectivity index is 1.80. The standard InChI is InChI=1S/C28H25N3O4S2/c1-5-15-30-20-10-8-7-9-19(20)22(25(30)32)24-26(33)31-23(17-11-13-18(36-4)14-12-17)21(27(34)35-6-2)16(3)29-28(31)37-24/h5,7-14,23H,1,6,15H2,2-4H3/b24-22+/t23-/m1/s1. The summed E-state index contributed by atoms with van der Waals surface area (Å²) in [6, 6.07) is 14.4. The highest BCUT2D eigenvalue weighted by Gasteiger charge is 2.37. The van der Waals surface area contributed by atoms with Gasteiger partial charge >= 0.3 is 5.97 Å². The van der Waals surface area contributed by atoms with Gasteiger partial charge in [-0.25, -0.2) is 9.79 Å². The average molecular weight is 532 g/mol. The number of carbonyl (C=O) groups excluding carboxylic acids is 2. The van der Waals surface area contributed by atoms with E-state index in [0.29, 0.717) is 38.3 Å². The quantitative estimate of drug-likeness (QED) is 0.277. The number of hydrogen-bond donors (Lipinski definition) is 0. The molecule has 3 heterocycles. The first-order chi connectivity index (χ1) is 17.9. The van der Waals surface area contributed by atoms with Crippen LogP contribution in [-0.2, 0) is 14.3 Å². The molecular formula is C28H25N3O4S2. The zero-order chi connectivity index (χ0) is 26.3. The lowest BCUT2D eigenvalue weighted by Gasteiger charge is -2.24. The fourth-order valence-electron chi connectivity index (χ4n) is 4.75. The first-order valence-electron chi connectivity index (χ1n) is 11.8. The van der Waals surface area contributed by atoms with Crippen LogP contribution in [0.25, 0.3) is 5.57 Å². The average Bonchev–Trinajstić information content (AvgIpc) is 3.36. The molecule has 2 aliphatic rings. The molecule has 0 N–H and O–H groups in total. The van der Waals surface area contributed by atoms with Gasteiger partial charge in [0.15, 0.2) is 4.80 Å². The van der Waals surface area contributed by atoms with Crippen LogP contribution in [0.1, 0.15) is 31.0 Å². The van der Waals surface area contributed by atoms with E-state index in [-0.39, 0.29) is 18.1 Å². The van der Waals surface area contributed by atoms with Crippen molar-refractivity contribution in [2.45, 2.75) is 24.8 Å². The molecule has 37 heavy (non-hydrogen) atoms. The molecule has 0 fully saturated rings. The topological polar surface area (TPSA) is 81.0 Å². The number of fused-ring (bicyclic) bond motifs is 2. The Labute approximate surface area is 222 Å². The van der Waals surface area contributed by atoms with E-state index in [4.69, 9.17) is 4.74 Å². The fraction of sp³-hybridized carbons (Fsp3) is 0.214. The molecule has 0 saturated heterocycles. The van der Waals surface area contributed by atoms with Crippen LogP contribution in [0, 0.1) is 0 Å². The molecule has 0 aliphatic carbocycles. The number of esters is 1. The van der Waals surface area contributed by atoms with Crippen molar-refractivity contribution in [2.24, 2.45) is 4.99 Å². The predicted octanol–water partition coefficient (Wildman–Crippen LogP) is 3.42. The van der Waals surface area contributed by atoms with Crippen molar-refractivity contribution in [1.29, 1.82) is 0 Å². The van der Waals surface area contributed by atoms with Crippen LogP contribution in [-0.4, -0.2) is 35.9 Å². The van der Waals surface area contributed by atoms with Gasteiger partial charge in [-0.3, -0.25) is 14.2 Å². The number of thioether (sulfide) groups is 1. The summed E-state index contributed by atoms with van der Waals surface area (Å²) in [7, 11) is 0. The van der Waals surface area contributed by atoms with Gasteiger partial charge in [0.1, 0.15) is 4.53 Å². The lowest BCUT2D eigenvalue weighted by molar-refractivity contribution is -0.139. The van der Waals surface area contributed by atoms with Gasteiger partial charge in [-0.05, 0) is 43.9 Å². The monoisotopic (exact) mass is 531 g/mol. The number of carbonyl (C=O) groups is 2. The second kappa shape index (κ2) is 9.99. The minimum Gasteiger partial charge on any atom is -0.463 e. The third-order valence-corrected chi connectivity index (χ3v) is 8.18. The van der Waals surface area contributed by atoms with E-state index >= 15 is 0 Å². The summed E-state index contributed by atoms with van der Waals surface area (Å²) in [6.07, 6.45) is 3.64. The minimum absolute atomic E-state index is 0.201. The van der Waals surface area contributed by atoms with E-state index in [1.165, 1.54) is 15.9 Å². The Morgan fingerprint density at radius 2 is 1.92 bits per heavy atom. The lowest BCUT2D eigenvalue weighted by Crippen LogP contribution is -2.41. The third kappa shape index (κ3) is 4.08. The molecule has 5 rings (SSSR count). The first kappa shape index (κ1) is 25.0. The number of anilines is 1. The summed E-state index contributed by atoms with van der Waals surface area (Å²) in [4.78, 5) is 48.5. The van der Waals surface area contributed by atoms with Crippen LogP contribution >= 0.6 is 23.1 Å². The maximum absolute atomic E-state index is 14.1. The number of allylic oxidation sites excluding steroid dienone is 1. The SMILES string of the molecule is C=CCN1C(=O)/C(=c2/sc3n(c2=O)[C@H](c2ccc(SC)cc2)C(C(=O)OCC)=C(C)N=3)c2ccccc21. The van der Waals surface area contributed by atoms with Gasteiger partial charge in [0.05, 0.1) is 35.2 Å². The minimum atomic E-state index is -0.725. The second-order valence-corrected chi connectivity index (χ2v) is 10.3. The zero-order valence-electron chi connectivity index (χ0n) is 20.7. The number of benzene rings is 2. The number of hydrogen-bond acceptors (Lipinski definition) is 7. The number of nitrogens with zero attached hydrogens (tertiary/aromatic N) is 3. The summed E-state index contributed by atoms with van der Waals surface area (Å²) >= 11 is 2.77. The van der Waals surface area contributed by atoms with Crippen molar-refractivity contribution < 1.29 is 14.3 Å². The van der Waals surface area contributed by atoms with E-state index in [0.717, 1.165) is 16.1 Å². The number of thiazole rings is 1. The van der Waals surface area contributed by atoms with Crippen LogP contribution in [0.3, 0.4) is 0 Å². The number of amides is 1. The van der Waals surface area contributed by atoms with Crippen LogP contribution in [0.15, 0.2) is 87.1 Å². The maximum Gasteiger partial charge on any atom is 0.338 e. The number of ether oxygens (including phenoxy) is 1. The van der Waals surface area contributed by atoms with Crippen molar-refractivity contribution in [3.8, 4) is 0 Å². The molecule has 2 aliphatic heterocycles. The first-order valence-corrected chi connectivity index (χ1v) is 13.8. The smallest absolute Gasteiger partial charge is 0.338 e. The number of aromatic nitrogens is 1. The molecule has 7 nitrogen and oxygen atoms in total. The molecule has 0 radical (unpaired) electrons. The Morgan fingerprint density at radius 1 is 1.19 bits per heavy atom. The summed E-state index contributed by atoms with van der Waals surface area (Å²) in [5.74, 6) is -0.770. The van der Waals surface area contributed by atoms with Crippen LogP contribution < -0.4 is 19.8 Å². The van der Waals surface area contributed by atoms with E-state index in [2.05, 4.69) is 11.6 Å². The Bertz CT molecular complexity index is 1650. The molecule has 3 aromatic rings. The summed E-state index contributed by atoms with van der Waals surface area (Å²) in [6.45, 7) is 7.79. The molecule has 9 heteroatoms. The lowest BCUT2D eigenvalue weighted by atomic mass is 9.96. The predicted molar refractivity (Wildman–Crippen MR) is 147 cm³/mol. The second-order valence-electron chi connectivity index (χ2n) is 8.49. The van der Waals surface area contributed by atoms with Crippen molar-refractivity contribution in [2.75, 3.05) is 24.3 Å². The van der Waals surface area contributed by atoms with Gasteiger partial charge in [0.25, 0.3) is 11.5 Å². The third-order valence-electron chi connectivity index (χ3n) is 6.39. The number of para-hydroxylation sites is 1. The molecule has 188 valence electrons. The highest BCUT2D eigenvalue weighted by atomic mass is 32.2. The molecule has 0 saturated carbocycles. The molecule has 2 aromatic carbocycles. The van der Waals surface area contributed by atoms with Gasteiger partial charge in [0.2, 0.25) is 0 Å². The molecule has 1 amide bonds. The van der Waals surface area contributed by atoms with Crippen molar-refractivity contribution in [3.05, 3.63) is 103 Å². The molecular weight excluding hydrogens is 506 g/mol. The highest BCUT2D eigenvalue weighted by Crippen LogP contribution is 2.35. The highest BCUT2D eigenvalue weighted by molar-refractivity contribution is 7.98. The zero-order valence-corrected chi connectivity index (χ0v) is 22.3.